The summed E-state index contributed by atoms with van der Waals surface area (Å²) in [7, 11) is 0. The Morgan fingerprint density at radius 2 is 2.33 bits per heavy atom. The molecular weight excluding hydrogens is 272 g/mol. The van der Waals surface area contributed by atoms with Gasteiger partial charge in [0.25, 0.3) is 0 Å². The van der Waals surface area contributed by atoms with Crippen LogP contribution in [0.5, 0.6) is 0 Å². The van der Waals surface area contributed by atoms with Crippen LogP contribution in [-0.2, 0) is 4.79 Å². The van der Waals surface area contributed by atoms with Crippen LogP contribution in [0.15, 0.2) is 23.4 Å². The van der Waals surface area contributed by atoms with Gasteiger partial charge in [-0.2, -0.15) is 0 Å². The zero-order chi connectivity index (χ0) is 13.6. The van der Waals surface area contributed by atoms with E-state index in [1.165, 1.54) is 6.92 Å². The van der Waals surface area contributed by atoms with Crippen molar-refractivity contribution in [2.75, 3.05) is 5.75 Å². The number of nitrogens with two attached hydrogens (primary N) is 1. The molecule has 0 bridgehead atoms. The molecule has 1 aromatic rings. The van der Waals surface area contributed by atoms with E-state index in [2.05, 4.69) is 4.98 Å². The summed E-state index contributed by atoms with van der Waals surface area (Å²) in [4.78, 5) is 15.0. The smallest absolute Gasteiger partial charge is 0.323 e. The molecule has 6 heteroatoms. The summed E-state index contributed by atoms with van der Waals surface area (Å²) >= 11 is 7.54. The van der Waals surface area contributed by atoms with Crippen molar-refractivity contribution in [3.8, 4) is 0 Å². The second-order valence-electron chi connectivity index (χ2n) is 4.32. The summed E-state index contributed by atoms with van der Waals surface area (Å²) in [6.07, 6.45) is 3.84. The van der Waals surface area contributed by atoms with Gasteiger partial charge in [-0.15, -0.1) is 11.8 Å². The summed E-state index contributed by atoms with van der Waals surface area (Å²) in [6, 6.07) is 3.59. The molecule has 4 nitrogen and oxygen atoms in total. The molecule has 0 fully saturated rings. The van der Waals surface area contributed by atoms with E-state index in [4.69, 9.17) is 22.4 Å². The third kappa shape index (κ3) is 4.84. The average molecular weight is 289 g/mol. The van der Waals surface area contributed by atoms with E-state index >= 15 is 0 Å². The summed E-state index contributed by atoms with van der Waals surface area (Å²) in [6.45, 7) is 1.54. The minimum atomic E-state index is -1.13. The lowest BCUT2D eigenvalue weighted by molar-refractivity contribution is -0.142. The number of hydrogen-bond acceptors (Lipinski definition) is 4. The van der Waals surface area contributed by atoms with Crippen molar-refractivity contribution in [3.05, 3.63) is 23.4 Å². The molecule has 0 aromatic carbocycles. The Labute approximate surface area is 116 Å². The molecule has 1 heterocycles. The molecule has 0 spiro atoms. The fourth-order valence-corrected chi connectivity index (χ4v) is 2.52. The van der Waals surface area contributed by atoms with E-state index in [1.807, 2.05) is 0 Å². The van der Waals surface area contributed by atoms with Crippen LogP contribution in [-0.4, -0.2) is 27.4 Å². The van der Waals surface area contributed by atoms with Crippen molar-refractivity contribution in [1.29, 1.82) is 0 Å². The monoisotopic (exact) mass is 288 g/mol. The van der Waals surface area contributed by atoms with Crippen molar-refractivity contribution in [3.63, 3.8) is 0 Å². The van der Waals surface area contributed by atoms with Crippen molar-refractivity contribution in [1.82, 2.24) is 4.98 Å². The first-order valence-corrected chi connectivity index (χ1v) is 7.05. The summed E-state index contributed by atoms with van der Waals surface area (Å²) in [5, 5.41) is 10.3. The number of hydrogen-bond donors (Lipinski definition) is 2. The van der Waals surface area contributed by atoms with E-state index in [0.717, 1.165) is 23.6 Å². The first-order chi connectivity index (χ1) is 8.43. The van der Waals surface area contributed by atoms with Crippen LogP contribution in [0.25, 0.3) is 0 Å². The molecular formula is C12H17ClN2O2S. The standard InChI is InChI=1S/C12H17ClN2O2S/c1-12(14,11(16)17)6-2-3-8-18-10-9(13)5-4-7-15-10/h4-5,7H,2-3,6,8,14H2,1H3,(H,16,17). The van der Waals surface area contributed by atoms with Crippen LogP contribution in [0.4, 0.5) is 0 Å². The number of carboxylic acids is 1. The Morgan fingerprint density at radius 1 is 1.61 bits per heavy atom. The van der Waals surface area contributed by atoms with Crippen LogP contribution in [0, 0.1) is 0 Å². The number of carboxylic acid groups (broad SMARTS) is 1. The highest BCUT2D eigenvalue weighted by molar-refractivity contribution is 7.99. The lowest BCUT2D eigenvalue weighted by atomic mass is 9.97. The Balaban J connectivity index is 2.24. The number of aromatic nitrogens is 1. The van der Waals surface area contributed by atoms with Crippen molar-refractivity contribution < 1.29 is 9.90 Å². The molecule has 0 radical (unpaired) electrons. The minimum Gasteiger partial charge on any atom is -0.480 e. The predicted molar refractivity (Wildman–Crippen MR) is 74.1 cm³/mol. The van der Waals surface area contributed by atoms with E-state index < -0.39 is 11.5 Å². The van der Waals surface area contributed by atoms with Crippen LogP contribution < -0.4 is 5.73 Å². The van der Waals surface area contributed by atoms with Crippen LogP contribution >= 0.6 is 23.4 Å². The van der Waals surface area contributed by atoms with E-state index in [9.17, 15) is 4.79 Å². The van der Waals surface area contributed by atoms with Crippen LogP contribution in [0.1, 0.15) is 26.2 Å². The lowest BCUT2D eigenvalue weighted by Crippen LogP contribution is -2.44. The lowest BCUT2D eigenvalue weighted by Gasteiger charge is -2.18. The molecule has 18 heavy (non-hydrogen) atoms. The quantitative estimate of drug-likeness (QED) is 0.596. The van der Waals surface area contributed by atoms with Gasteiger partial charge in [-0.1, -0.05) is 18.0 Å². The molecule has 0 amide bonds. The molecule has 3 N–H and O–H groups in total. The van der Waals surface area contributed by atoms with Crippen LogP contribution in [0.3, 0.4) is 0 Å². The number of nitrogens with zero attached hydrogens (tertiary/aromatic N) is 1. The number of halogens is 1. The number of carbonyl (C=O) groups is 1. The Bertz CT molecular complexity index is 413. The first kappa shape index (κ1) is 15.3. The fraction of sp³-hybridized carbons (Fsp3) is 0.500. The molecule has 0 aliphatic rings. The Kier molecular flexibility index (Phi) is 5.91. The van der Waals surface area contributed by atoms with Gasteiger partial charge in [0.1, 0.15) is 10.6 Å². The van der Waals surface area contributed by atoms with Crippen molar-refractivity contribution in [2.45, 2.75) is 36.8 Å². The fourth-order valence-electron chi connectivity index (χ4n) is 1.35. The van der Waals surface area contributed by atoms with E-state index in [1.54, 1.807) is 30.1 Å². The van der Waals surface area contributed by atoms with E-state index in [-0.39, 0.29) is 0 Å². The van der Waals surface area contributed by atoms with Gasteiger partial charge in [0.05, 0.1) is 5.02 Å². The van der Waals surface area contributed by atoms with Crippen molar-refractivity contribution >= 4 is 29.3 Å². The van der Waals surface area contributed by atoms with Gasteiger partial charge in [-0.3, -0.25) is 4.79 Å². The van der Waals surface area contributed by atoms with Gasteiger partial charge < -0.3 is 10.8 Å². The minimum absolute atomic E-state index is 0.471. The highest BCUT2D eigenvalue weighted by atomic mass is 35.5. The highest BCUT2D eigenvalue weighted by Crippen LogP contribution is 2.25. The van der Waals surface area contributed by atoms with Gasteiger partial charge in [-0.25, -0.2) is 4.98 Å². The molecule has 1 rings (SSSR count). The molecule has 0 aliphatic carbocycles. The zero-order valence-electron chi connectivity index (χ0n) is 10.2. The topological polar surface area (TPSA) is 76.2 Å². The number of pyridine rings is 1. The third-order valence-corrected chi connectivity index (χ3v) is 4.05. The summed E-state index contributed by atoms with van der Waals surface area (Å²) in [5.74, 6) is -0.102. The summed E-state index contributed by atoms with van der Waals surface area (Å²) < 4.78 is 0. The molecule has 100 valence electrons. The highest BCUT2D eigenvalue weighted by Gasteiger charge is 2.26. The van der Waals surface area contributed by atoms with Gasteiger partial charge in [0.15, 0.2) is 0 Å². The van der Waals surface area contributed by atoms with Crippen LogP contribution in [0.2, 0.25) is 5.02 Å². The maximum absolute atomic E-state index is 10.8. The Morgan fingerprint density at radius 3 is 2.94 bits per heavy atom. The SMILES string of the molecule is CC(N)(CCCCSc1ncccc1Cl)C(=O)O. The normalized spacial score (nSPS) is 14.2. The average Bonchev–Trinajstić information content (AvgIpc) is 2.30. The molecule has 0 saturated heterocycles. The van der Waals surface area contributed by atoms with E-state index in [0.29, 0.717) is 11.4 Å². The molecule has 1 unspecified atom stereocenters. The predicted octanol–water partition coefficient (Wildman–Crippen LogP) is 2.80. The number of thioether (sulfide) groups is 1. The molecule has 0 saturated carbocycles. The number of unbranched alkanes of at least 4 members (excludes halogenated alkanes) is 1. The van der Waals surface area contributed by atoms with Gasteiger partial charge in [-0.05, 0) is 37.7 Å². The third-order valence-electron chi connectivity index (χ3n) is 2.54. The summed E-state index contributed by atoms with van der Waals surface area (Å²) in [5.41, 5.74) is 4.51. The van der Waals surface area contributed by atoms with Crippen molar-refractivity contribution in [2.24, 2.45) is 5.73 Å². The van der Waals surface area contributed by atoms with Gasteiger partial charge >= 0.3 is 5.97 Å². The molecule has 1 atom stereocenters. The van der Waals surface area contributed by atoms with Gasteiger partial charge in [0, 0.05) is 6.20 Å². The second-order valence-corrected chi connectivity index (χ2v) is 5.81. The number of rotatable bonds is 7. The Hall–Kier alpha value is -0.780. The second kappa shape index (κ2) is 6.97. The first-order valence-electron chi connectivity index (χ1n) is 5.69. The molecule has 0 aliphatic heterocycles. The molecule has 1 aromatic heterocycles. The van der Waals surface area contributed by atoms with Gasteiger partial charge in [0.2, 0.25) is 0 Å². The maximum atomic E-state index is 10.8. The number of aliphatic carboxylic acids is 1. The maximum Gasteiger partial charge on any atom is 0.323 e. The zero-order valence-corrected chi connectivity index (χ0v) is 11.8. The largest absolute Gasteiger partial charge is 0.480 e.